The van der Waals surface area contributed by atoms with Gasteiger partial charge in [-0.2, -0.15) is 0 Å². The van der Waals surface area contributed by atoms with Crippen LogP contribution in [0.2, 0.25) is 0 Å². The molecule has 0 saturated heterocycles. The van der Waals surface area contributed by atoms with Crippen molar-refractivity contribution < 1.29 is 9.59 Å². The molecule has 0 aliphatic carbocycles. The van der Waals surface area contributed by atoms with Crippen LogP contribution in [0.1, 0.15) is 30.6 Å². The third kappa shape index (κ3) is 4.62. The van der Waals surface area contributed by atoms with E-state index in [0.29, 0.717) is 24.3 Å². The van der Waals surface area contributed by atoms with Crippen molar-refractivity contribution in [2.24, 2.45) is 5.73 Å². The number of hydrogen-bond donors (Lipinski definition) is 2. The number of benzene rings is 1. The van der Waals surface area contributed by atoms with Crippen molar-refractivity contribution in [3.63, 3.8) is 0 Å². The lowest BCUT2D eigenvalue weighted by Crippen LogP contribution is -2.35. The molecule has 0 saturated carbocycles. The van der Waals surface area contributed by atoms with Gasteiger partial charge in [-0.05, 0) is 32.0 Å². The van der Waals surface area contributed by atoms with Crippen molar-refractivity contribution in [3.05, 3.63) is 29.8 Å². The number of anilines is 1. The average molecular weight is 287 g/mol. The van der Waals surface area contributed by atoms with Gasteiger partial charge in [-0.25, -0.2) is 0 Å². The van der Waals surface area contributed by atoms with Gasteiger partial charge in [0.2, 0.25) is 5.91 Å². The molecule has 0 aromatic heterocycles. The summed E-state index contributed by atoms with van der Waals surface area (Å²) in [6, 6.07) is 6.04. The second kappa shape index (κ2) is 8.08. The van der Waals surface area contributed by atoms with E-state index >= 15 is 0 Å². The molecule has 1 aromatic rings. The van der Waals surface area contributed by atoms with Crippen LogP contribution < -0.4 is 11.1 Å². The van der Waals surface area contributed by atoms with Crippen LogP contribution in [-0.2, 0) is 4.79 Å². The third-order valence-corrected chi connectivity index (χ3v) is 3.10. The Morgan fingerprint density at radius 1 is 1.38 bits per heavy atom. The predicted octanol–water partition coefficient (Wildman–Crippen LogP) is 1.46. The molecule has 112 valence electrons. The summed E-state index contributed by atoms with van der Waals surface area (Å²) < 4.78 is 0. The lowest BCUT2D eigenvalue weighted by molar-refractivity contribution is -0.117. The SMILES string of the molecule is C#CCC(N)C(=O)Nc1cccc(C(=O)N(CC)CC)c1. The van der Waals surface area contributed by atoms with Crippen LogP contribution in [0.3, 0.4) is 0 Å². The van der Waals surface area contributed by atoms with Gasteiger partial charge in [0.25, 0.3) is 5.91 Å². The van der Waals surface area contributed by atoms with Crippen molar-refractivity contribution in [3.8, 4) is 12.3 Å². The number of nitrogens with one attached hydrogen (secondary N) is 1. The second-order valence-electron chi connectivity index (χ2n) is 4.56. The first-order valence-electron chi connectivity index (χ1n) is 6.92. The van der Waals surface area contributed by atoms with Gasteiger partial charge in [0.1, 0.15) is 0 Å². The fourth-order valence-electron chi connectivity index (χ4n) is 1.88. The average Bonchev–Trinajstić information content (AvgIpc) is 2.48. The van der Waals surface area contributed by atoms with E-state index in [1.165, 1.54) is 0 Å². The summed E-state index contributed by atoms with van der Waals surface area (Å²) >= 11 is 0. The van der Waals surface area contributed by atoms with Crippen molar-refractivity contribution in [2.75, 3.05) is 18.4 Å². The standard InChI is InChI=1S/C16H21N3O2/c1-4-8-14(17)15(20)18-13-10-7-9-12(11-13)16(21)19(5-2)6-3/h1,7,9-11,14H,5-6,8,17H2,2-3H3,(H,18,20). The fourth-order valence-corrected chi connectivity index (χ4v) is 1.88. The van der Waals surface area contributed by atoms with Gasteiger partial charge in [-0.3, -0.25) is 9.59 Å². The molecule has 0 aliphatic heterocycles. The van der Waals surface area contributed by atoms with E-state index in [9.17, 15) is 9.59 Å². The molecular formula is C16H21N3O2. The predicted molar refractivity (Wildman–Crippen MR) is 83.7 cm³/mol. The van der Waals surface area contributed by atoms with E-state index in [2.05, 4.69) is 11.2 Å². The molecule has 1 unspecified atom stereocenters. The Kier molecular flexibility index (Phi) is 6.44. The maximum Gasteiger partial charge on any atom is 0.253 e. The first-order chi connectivity index (χ1) is 10.0. The minimum atomic E-state index is -0.753. The van der Waals surface area contributed by atoms with Gasteiger partial charge in [-0.1, -0.05) is 6.07 Å². The molecule has 0 fully saturated rings. The zero-order valence-electron chi connectivity index (χ0n) is 12.4. The molecule has 0 bridgehead atoms. The Hall–Kier alpha value is -2.32. The van der Waals surface area contributed by atoms with Crippen molar-refractivity contribution in [1.29, 1.82) is 0 Å². The second-order valence-corrected chi connectivity index (χ2v) is 4.56. The lowest BCUT2D eigenvalue weighted by Gasteiger charge is -2.19. The monoisotopic (exact) mass is 287 g/mol. The van der Waals surface area contributed by atoms with Crippen LogP contribution in [0, 0.1) is 12.3 Å². The van der Waals surface area contributed by atoms with Crippen LogP contribution in [0.15, 0.2) is 24.3 Å². The zero-order chi connectivity index (χ0) is 15.8. The number of nitrogens with two attached hydrogens (primary N) is 1. The molecule has 3 N–H and O–H groups in total. The van der Waals surface area contributed by atoms with Crippen LogP contribution in [0.25, 0.3) is 0 Å². The summed E-state index contributed by atoms with van der Waals surface area (Å²) in [5.74, 6) is 1.92. The Morgan fingerprint density at radius 3 is 2.62 bits per heavy atom. The summed E-state index contributed by atoms with van der Waals surface area (Å²) in [5.41, 5.74) is 6.70. The van der Waals surface area contributed by atoms with Crippen molar-refractivity contribution >= 4 is 17.5 Å². The van der Waals surface area contributed by atoms with Crippen LogP contribution in [0.5, 0.6) is 0 Å². The van der Waals surface area contributed by atoms with E-state index in [1.54, 1.807) is 29.2 Å². The largest absolute Gasteiger partial charge is 0.339 e. The molecule has 0 heterocycles. The molecule has 1 atom stereocenters. The van der Waals surface area contributed by atoms with Gasteiger partial charge in [0.15, 0.2) is 0 Å². The van der Waals surface area contributed by atoms with Crippen molar-refractivity contribution in [2.45, 2.75) is 26.3 Å². The normalized spacial score (nSPS) is 11.3. The minimum absolute atomic E-state index is 0.0657. The summed E-state index contributed by atoms with van der Waals surface area (Å²) in [5, 5.41) is 2.67. The van der Waals surface area contributed by atoms with Crippen LogP contribution in [0.4, 0.5) is 5.69 Å². The quantitative estimate of drug-likeness (QED) is 0.778. The number of amides is 2. The highest BCUT2D eigenvalue weighted by atomic mass is 16.2. The highest BCUT2D eigenvalue weighted by Gasteiger charge is 2.15. The summed E-state index contributed by atoms with van der Waals surface area (Å²) in [6.07, 6.45) is 5.30. The third-order valence-electron chi connectivity index (χ3n) is 3.10. The Balaban J connectivity index is 2.84. The summed E-state index contributed by atoms with van der Waals surface area (Å²) in [4.78, 5) is 25.8. The van der Waals surface area contributed by atoms with E-state index < -0.39 is 6.04 Å². The number of terminal acetylenes is 1. The maximum atomic E-state index is 12.2. The number of hydrogen-bond acceptors (Lipinski definition) is 3. The maximum absolute atomic E-state index is 12.2. The van der Waals surface area contributed by atoms with E-state index in [0.717, 1.165) is 0 Å². The topological polar surface area (TPSA) is 75.4 Å². The number of carbonyl (C=O) groups is 2. The van der Waals surface area contributed by atoms with Gasteiger partial charge >= 0.3 is 0 Å². The fraction of sp³-hybridized carbons (Fsp3) is 0.375. The van der Waals surface area contributed by atoms with Gasteiger partial charge < -0.3 is 16.0 Å². The smallest absolute Gasteiger partial charge is 0.253 e. The molecule has 1 rings (SSSR count). The van der Waals surface area contributed by atoms with Crippen molar-refractivity contribution in [1.82, 2.24) is 4.90 Å². The Morgan fingerprint density at radius 2 is 2.05 bits per heavy atom. The number of nitrogens with zero attached hydrogens (tertiary/aromatic N) is 1. The molecule has 21 heavy (non-hydrogen) atoms. The van der Waals surface area contributed by atoms with Gasteiger partial charge in [0.05, 0.1) is 6.04 Å². The molecule has 1 aromatic carbocycles. The lowest BCUT2D eigenvalue weighted by atomic mass is 10.1. The van der Waals surface area contributed by atoms with E-state index in [-0.39, 0.29) is 18.2 Å². The first kappa shape index (κ1) is 16.7. The van der Waals surface area contributed by atoms with Crippen LogP contribution >= 0.6 is 0 Å². The zero-order valence-corrected chi connectivity index (χ0v) is 12.4. The molecule has 5 heteroatoms. The number of carbonyl (C=O) groups excluding carboxylic acids is 2. The highest BCUT2D eigenvalue weighted by Crippen LogP contribution is 2.13. The van der Waals surface area contributed by atoms with Gasteiger partial charge in [0, 0.05) is 30.8 Å². The van der Waals surface area contributed by atoms with E-state index in [4.69, 9.17) is 12.2 Å². The minimum Gasteiger partial charge on any atom is -0.339 e. The number of rotatable bonds is 6. The van der Waals surface area contributed by atoms with E-state index in [1.807, 2.05) is 13.8 Å². The first-order valence-corrected chi connectivity index (χ1v) is 6.92. The molecule has 0 aliphatic rings. The molecular weight excluding hydrogens is 266 g/mol. The summed E-state index contributed by atoms with van der Waals surface area (Å²) in [7, 11) is 0. The Labute approximate surface area is 125 Å². The molecule has 0 spiro atoms. The molecule has 2 amide bonds. The highest BCUT2D eigenvalue weighted by molar-refractivity contribution is 5.98. The Bertz CT molecular complexity index is 545. The molecule has 5 nitrogen and oxygen atoms in total. The summed E-state index contributed by atoms with van der Waals surface area (Å²) in [6.45, 7) is 5.12. The van der Waals surface area contributed by atoms with Crippen LogP contribution in [-0.4, -0.2) is 35.8 Å². The van der Waals surface area contributed by atoms with Gasteiger partial charge in [-0.15, -0.1) is 12.3 Å². The molecule has 0 radical (unpaired) electrons.